The molecule has 1 aliphatic carbocycles. The molecular weight excluding hydrogens is 118 g/mol. The fourth-order valence-corrected chi connectivity index (χ4v) is 0.925. The highest BCUT2D eigenvalue weighted by Crippen LogP contribution is 2.12. The molecule has 0 bridgehead atoms. The number of nitrogens with one attached hydrogen (secondary N) is 1. The second-order valence-corrected chi connectivity index (χ2v) is 2.65. The summed E-state index contributed by atoms with van der Waals surface area (Å²) in [6, 6.07) is 0. The van der Waals surface area contributed by atoms with Crippen molar-refractivity contribution in [3.05, 3.63) is 12.2 Å². The van der Waals surface area contributed by atoms with E-state index in [1.54, 1.807) is 0 Å². The van der Waals surface area contributed by atoms with Crippen molar-refractivity contribution in [2.75, 3.05) is 0 Å². The second kappa shape index (κ2) is 2.35. The first-order chi connectivity index (χ1) is 3.79. The highest BCUT2D eigenvalue weighted by atomic mass is 32.1. The van der Waals surface area contributed by atoms with Crippen molar-refractivity contribution >= 4 is 18.3 Å². The van der Waals surface area contributed by atoms with E-state index in [1.807, 2.05) is 12.2 Å². The van der Waals surface area contributed by atoms with Gasteiger partial charge in [0.05, 0.1) is 0 Å². The lowest BCUT2D eigenvalue weighted by atomic mass is 10.1. The van der Waals surface area contributed by atoms with E-state index >= 15 is 0 Å². The van der Waals surface area contributed by atoms with Gasteiger partial charge in [-0.15, -0.1) is 0 Å². The molecule has 2 heteroatoms. The molecule has 0 radical (unpaired) electrons. The first-order valence-electron chi connectivity index (χ1n) is 2.73. The van der Waals surface area contributed by atoms with Gasteiger partial charge in [-0.1, -0.05) is 6.08 Å². The van der Waals surface area contributed by atoms with E-state index in [9.17, 15) is 0 Å². The number of hydrogen-bond donors (Lipinski definition) is 2. The van der Waals surface area contributed by atoms with Crippen LogP contribution in [0.25, 0.3) is 0 Å². The van der Waals surface area contributed by atoms with Gasteiger partial charge in [-0.2, -0.15) is 12.6 Å². The zero-order valence-corrected chi connectivity index (χ0v) is 5.49. The van der Waals surface area contributed by atoms with Gasteiger partial charge in [0.15, 0.2) is 0 Å². The van der Waals surface area contributed by atoms with Crippen LogP contribution >= 0.6 is 12.6 Å². The minimum absolute atomic E-state index is 0.393. The Bertz CT molecular complexity index is 128. The Morgan fingerprint density at radius 1 is 1.75 bits per heavy atom. The van der Waals surface area contributed by atoms with Crippen molar-refractivity contribution in [2.24, 2.45) is 0 Å². The molecule has 0 fully saturated rings. The molecular formula is C6H9NS. The minimum atomic E-state index is 0.393. The van der Waals surface area contributed by atoms with E-state index in [2.05, 4.69) is 12.6 Å². The number of rotatable bonds is 0. The molecule has 0 saturated heterocycles. The third-order valence-electron chi connectivity index (χ3n) is 1.23. The molecule has 0 spiro atoms. The largest absolute Gasteiger partial charge is 0.305 e. The van der Waals surface area contributed by atoms with Crippen molar-refractivity contribution in [1.29, 1.82) is 5.41 Å². The Morgan fingerprint density at radius 2 is 2.50 bits per heavy atom. The van der Waals surface area contributed by atoms with Crippen LogP contribution in [0.4, 0.5) is 0 Å². The number of thiol groups is 1. The Labute approximate surface area is 54.7 Å². The van der Waals surface area contributed by atoms with E-state index < -0.39 is 0 Å². The van der Waals surface area contributed by atoms with Gasteiger partial charge in [0.25, 0.3) is 0 Å². The molecule has 8 heavy (non-hydrogen) atoms. The van der Waals surface area contributed by atoms with Gasteiger partial charge in [-0.05, 0) is 18.9 Å². The maximum absolute atomic E-state index is 7.16. The lowest BCUT2D eigenvalue weighted by molar-refractivity contribution is 0.896. The summed E-state index contributed by atoms with van der Waals surface area (Å²) >= 11 is 4.22. The van der Waals surface area contributed by atoms with Crippen molar-refractivity contribution in [1.82, 2.24) is 0 Å². The molecule has 0 aliphatic heterocycles. The van der Waals surface area contributed by atoms with Crippen LogP contribution < -0.4 is 0 Å². The van der Waals surface area contributed by atoms with Crippen LogP contribution in [0.15, 0.2) is 12.2 Å². The Kier molecular flexibility index (Phi) is 1.73. The van der Waals surface area contributed by atoms with E-state index in [4.69, 9.17) is 5.41 Å². The van der Waals surface area contributed by atoms with Gasteiger partial charge in [0.1, 0.15) is 0 Å². The third kappa shape index (κ3) is 1.37. The van der Waals surface area contributed by atoms with Gasteiger partial charge in [-0.3, -0.25) is 0 Å². The molecule has 1 atom stereocenters. The maximum Gasteiger partial charge on any atom is 0.0311 e. The molecule has 44 valence electrons. The summed E-state index contributed by atoms with van der Waals surface area (Å²) in [5, 5.41) is 7.55. The van der Waals surface area contributed by atoms with Crippen molar-refractivity contribution in [3.63, 3.8) is 0 Å². The molecule has 1 nitrogen and oxygen atoms in total. The van der Waals surface area contributed by atoms with E-state index in [0.717, 1.165) is 18.6 Å². The summed E-state index contributed by atoms with van der Waals surface area (Å²) < 4.78 is 0. The van der Waals surface area contributed by atoms with Crippen LogP contribution in [0.2, 0.25) is 0 Å². The van der Waals surface area contributed by atoms with Gasteiger partial charge in [0, 0.05) is 11.0 Å². The van der Waals surface area contributed by atoms with Crippen molar-refractivity contribution in [2.45, 2.75) is 18.1 Å². The van der Waals surface area contributed by atoms with E-state index in [1.165, 1.54) is 0 Å². The third-order valence-corrected chi connectivity index (χ3v) is 1.66. The summed E-state index contributed by atoms with van der Waals surface area (Å²) in [6.07, 6.45) is 5.72. The standard InChI is InChI=1S/C6H9NS/c7-5-1-3-6(8)4-2-5/h1,3,6-8H,2,4H2. The van der Waals surface area contributed by atoms with Gasteiger partial charge in [-0.25, -0.2) is 0 Å². The smallest absolute Gasteiger partial charge is 0.0311 e. The summed E-state index contributed by atoms with van der Waals surface area (Å²) in [6.45, 7) is 0. The first kappa shape index (κ1) is 5.89. The van der Waals surface area contributed by atoms with E-state index in [0.29, 0.717) is 5.25 Å². The predicted molar refractivity (Wildman–Crippen MR) is 38.9 cm³/mol. The Hall–Kier alpha value is -0.240. The molecule has 0 amide bonds. The highest BCUT2D eigenvalue weighted by molar-refractivity contribution is 7.81. The average molecular weight is 127 g/mol. The average Bonchev–Trinajstić information content (AvgIpc) is 1.77. The summed E-state index contributed by atoms with van der Waals surface area (Å²) in [7, 11) is 0. The molecule has 0 saturated carbocycles. The van der Waals surface area contributed by atoms with Crippen LogP contribution in [-0.4, -0.2) is 11.0 Å². The lowest BCUT2D eigenvalue weighted by Crippen LogP contribution is -2.05. The molecule has 0 aromatic rings. The molecule has 1 aliphatic rings. The maximum atomic E-state index is 7.16. The van der Waals surface area contributed by atoms with Crippen LogP contribution in [0.3, 0.4) is 0 Å². The fourth-order valence-electron chi connectivity index (χ4n) is 0.710. The van der Waals surface area contributed by atoms with E-state index in [-0.39, 0.29) is 0 Å². The lowest BCUT2D eigenvalue weighted by Gasteiger charge is -2.09. The fraction of sp³-hybridized carbons (Fsp3) is 0.500. The molecule has 1 N–H and O–H groups in total. The van der Waals surface area contributed by atoms with Gasteiger partial charge in [0.2, 0.25) is 0 Å². The van der Waals surface area contributed by atoms with Gasteiger partial charge >= 0.3 is 0 Å². The first-order valence-corrected chi connectivity index (χ1v) is 3.24. The van der Waals surface area contributed by atoms with Crippen molar-refractivity contribution in [3.8, 4) is 0 Å². The molecule has 1 rings (SSSR count). The zero-order valence-electron chi connectivity index (χ0n) is 4.59. The summed E-state index contributed by atoms with van der Waals surface area (Å²) in [5.74, 6) is 0. The monoisotopic (exact) mass is 127 g/mol. The Balaban J connectivity index is 2.55. The second-order valence-electron chi connectivity index (χ2n) is 1.99. The zero-order chi connectivity index (χ0) is 5.98. The Morgan fingerprint density at radius 3 is 2.88 bits per heavy atom. The van der Waals surface area contributed by atoms with Crippen LogP contribution in [0.5, 0.6) is 0 Å². The normalized spacial score (nSPS) is 28.6. The van der Waals surface area contributed by atoms with Crippen LogP contribution in [0.1, 0.15) is 12.8 Å². The molecule has 1 unspecified atom stereocenters. The quantitative estimate of drug-likeness (QED) is 0.462. The summed E-state index contributed by atoms with van der Waals surface area (Å²) in [4.78, 5) is 0. The van der Waals surface area contributed by atoms with Crippen LogP contribution in [0, 0.1) is 5.41 Å². The number of hydrogen-bond acceptors (Lipinski definition) is 2. The summed E-state index contributed by atoms with van der Waals surface area (Å²) in [5.41, 5.74) is 0.732. The SMILES string of the molecule is N=C1C=CC(S)CC1. The molecule has 0 heterocycles. The predicted octanol–water partition coefficient (Wildman–Crippen LogP) is 1.65. The minimum Gasteiger partial charge on any atom is -0.305 e. The molecule has 0 aromatic heterocycles. The van der Waals surface area contributed by atoms with Gasteiger partial charge < -0.3 is 5.41 Å². The van der Waals surface area contributed by atoms with Crippen LogP contribution in [-0.2, 0) is 0 Å². The number of allylic oxidation sites excluding steroid dienone is 1. The highest BCUT2D eigenvalue weighted by Gasteiger charge is 2.04. The topological polar surface area (TPSA) is 23.9 Å². The molecule has 0 aromatic carbocycles. The van der Waals surface area contributed by atoms with Crippen molar-refractivity contribution < 1.29 is 0 Å².